The number of hydrogen-bond donors (Lipinski definition) is 2. The molecule has 1 aromatic carbocycles. The first-order valence-corrected chi connectivity index (χ1v) is 9.12. The lowest BCUT2D eigenvalue weighted by Gasteiger charge is -2.24. The predicted octanol–water partition coefficient (Wildman–Crippen LogP) is 2.50. The molecular formula is C20H28N4O. The van der Waals surface area contributed by atoms with Gasteiger partial charge in [0.2, 0.25) is 5.91 Å². The molecule has 1 aromatic heterocycles. The van der Waals surface area contributed by atoms with Crippen molar-refractivity contribution in [3.63, 3.8) is 0 Å². The molecule has 1 atom stereocenters. The second-order valence-corrected chi connectivity index (χ2v) is 7.57. The number of carbonyl (C=O) groups excluding carboxylic acids is 1. The molecule has 0 bridgehead atoms. The Hall–Kier alpha value is -2.14. The lowest BCUT2D eigenvalue weighted by Crippen LogP contribution is -2.45. The monoisotopic (exact) mass is 340 g/mol. The quantitative estimate of drug-likeness (QED) is 0.813. The average Bonchev–Trinajstić information content (AvgIpc) is 3.23. The zero-order chi connectivity index (χ0) is 17.7. The highest BCUT2D eigenvalue weighted by Crippen LogP contribution is 2.36. The van der Waals surface area contributed by atoms with Gasteiger partial charge in [0.25, 0.3) is 0 Å². The molecule has 2 aromatic rings. The number of nitrogens with one attached hydrogen (secondary N) is 1. The van der Waals surface area contributed by atoms with E-state index in [1.165, 1.54) is 31.2 Å². The van der Waals surface area contributed by atoms with Crippen LogP contribution >= 0.6 is 0 Å². The number of nitrogens with zero attached hydrogens (tertiary/aromatic N) is 2. The Morgan fingerprint density at radius 2 is 2.04 bits per heavy atom. The summed E-state index contributed by atoms with van der Waals surface area (Å²) in [6, 6.07) is 9.68. The van der Waals surface area contributed by atoms with Crippen LogP contribution in [0.3, 0.4) is 0 Å². The molecule has 0 unspecified atom stereocenters. The van der Waals surface area contributed by atoms with E-state index in [0.29, 0.717) is 6.42 Å². The first kappa shape index (κ1) is 17.7. The van der Waals surface area contributed by atoms with Gasteiger partial charge in [-0.3, -0.25) is 4.79 Å². The Morgan fingerprint density at radius 3 is 2.76 bits per heavy atom. The topological polar surface area (TPSA) is 72.9 Å². The van der Waals surface area contributed by atoms with Crippen LogP contribution in [0, 0.1) is 5.41 Å². The number of amides is 1. The highest BCUT2D eigenvalue weighted by molar-refractivity contribution is 5.81. The maximum absolute atomic E-state index is 12.3. The summed E-state index contributed by atoms with van der Waals surface area (Å²) in [5, 5.41) is 3.03. The molecule has 3 N–H and O–H groups in total. The smallest absolute Gasteiger partial charge is 0.237 e. The van der Waals surface area contributed by atoms with Crippen molar-refractivity contribution in [1.82, 2.24) is 14.9 Å². The molecule has 5 heteroatoms. The first-order chi connectivity index (χ1) is 12.0. The van der Waals surface area contributed by atoms with E-state index >= 15 is 0 Å². The van der Waals surface area contributed by atoms with Gasteiger partial charge in [0.05, 0.1) is 18.1 Å². The molecule has 1 fully saturated rings. The summed E-state index contributed by atoms with van der Waals surface area (Å²) in [6.45, 7) is 3.74. The zero-order valence-corrected chi connectivity index (χ0v) is 14.9. The molecule has 5 nitrogen and oxygen atoms in total. The fourth-order valence-corrected chi connectivity index (χ4v) is 3.55. The number of rotatable bonds is 7. The van der Waals surface area contributed by atoms with Gasteiger partial charge in [-0.1, -0.05) is 50.1 Å². The van der Waals surface area contributed by atoms with Crippen LogP contribution in [0.15, 0.2) is 42.9 Å². The molecule has 0 radical (unpaired) electrons. The van der Waals surface area contributed by atoms with Gasteiger partial charge in [0.15, 0.2) is 0 Å². The molecule has 1 heterocycles. The van der Waals surface area contributed by atoms with Gasteiger partial charge in [0, 0.05) is 25.7 Å². The van der Waals surface area contributed by atoms with Gasteiger partial charge in [-0.15, -0.1) is 0 Å². The fraction of sp³-hybridized carbons (Fsp3) is 0.500. The molecule has 1 amide bonds. The third-order valence-corrected chi connectivity index (χ3v) is 5.16. The van der Waals surface area contributed by atoms with E-state index in [1.807, 2.05) is 29.0 Å². The summed E-state index contributed by atoms with van der Waals surface area (Å²) >= 11 is 0. The van der Waals surface area contributed by atoms with Crippen molar-refractivity contribution >= 4 is 5.91 Å². The van der Waals surface area contributed by atoms with Gasteiger partial charge in [0.1, 0.15) is 0 Å². The Kier molecular flexibility index (Phi) is 5.53. The molecule has 0 saturated heterocycles. The Morgan fingerprint density at radius 1 is 1.32 bits per heavy atom. The molecule has 3 rings (SSSR count). The van der Waals surface area contributed by atoms with Crippen LogP contribution in [0.1, 0.15) is 43.9 Å². The van der Waals surface area contributed by atoms with E-state index in [9.17, 15) is 4.79 Å². The largest absolute Gasteiger partial charge is 0.354 e. The summed E-state index contributed by atoms with van der Waals surface area (Å²) in [4.78, 5) is 16.7. The standard InChI is InChI=1S/C20H28N4O/c1-20(9-5-6-10-20)14-22-19(25)18(21)11-17-13-24(15-23-17)12-16-7-3-2-4-8-16/h2-4,7-8,13,15,18H,5-6,9-12,14,21H2,1H3,(H,22,25)/t18-/m0/s1. The minimum absolute atomic E-state index is 0.0780. The van der Waals surface area contributed by atoms with Crippen LogP contribution in [0.25, 0.3) is 0 Å². The van der Waals surface area contributed by atoms with Crippen molar-refractivity contribution < 1.29 is 4.79 Å². The summed E-state index contributed by atoms with van der Waals surface area (Å²) < 4.78 is 2.02. The maximum Gasteiger partial charge on any atom is 0.237 e. The van der Waals surface area contributed by atoms with Crippen LogP contribution < -0.4 is 11.1 Å². The molecule has 1 aliphatic rings. The predicted molar refractivity (Wildman–Crippen MR) is 99.0 cm³/mol. The minimum atomic E-state index is -0.551. The van der Waals surface area contributed by atoms with Gasteiger partial charge in [-0.25, -0.2) is 4.98 Å². The number of nitrogens with two attached hydrogens (primary N) is 1. The van der Waals surface area contributed by atoms with Crippen molar-refractivity contribution in [2.24, 2.45) is 11.1 Å². The highest BCUT2D eigenvalue weighted by atomic mass is 16.2. The fourth-order valence-electron chi connectivity index (χ4n) is 3.55. The van der Waals surface area contributed by atoms with Crippen molar-refractivity contribution in [3.8, 4) is 0 Å². The zero-order valence-electron chi connectivity index (χ0n) is 14.9. The van der Waals surface area contributed by atoms with E-state index in [2.05, 4.69) is 29.4 Å². The number of benzene rings is 1. The van der Waals surface area contributed by atoms with Gasteiger partial charge >= 0.3 is 0 Å². The number of imidazole rings is 1. The second kappa shape index (κ2) is 7.83. The Labute approximate surface area is 149 Å². The van der Waals surface area contributed by atoms with E-state index in [0.717, 1.165) is 18.8 Å². The summed E-state index contributed by atoms with van der Waals surface area (Å²) in [5.74, 6) is -0.0780. The van der Waals surface area contributed by atoms with E-state index < -0.39 is 6.04 Å². The number of aromatic nitrogens is 2. The molecular weight excluding hydrogens is 312 g/mol. The number of hydrogen-bond acceptors (Lipinski definition) is 3. The molecule has 0 spiro atoms. The Balaban J connectivity index is 1.49. The first-order valence-electron chi connectivity index (χ1n) is 9.12. The van der Waals surface area contributed by atoms with Crippen molar-refractivity contribution in [2.45, 2.75) is 51.6 Å². The van der Waals surface area contributed by atoms with Gasteiger partial charge < -0.3 is 15.6 Å². The Bertz CT molecular complexity index is 689. The lowest BCUT2D eigenvalue weighted by atomic mass is 9.89. The van der Waals surface area contributed by atoms with Crippen molar-refractivity contribution in [1.29, 1.82) is 0 Å². The molecule has 134 valence electrons. The van der Waals surface area contributed by atoms with Crippen molar-refractivity contribution in [2.75, 3.05) is 6.54 Å². The van der Waals surface area contributed by atoms with Crippen LogP contribution in [-0.2, 0) is 17.8 Å². The SMILES string of the molecule is CC1(CNC(=O)[C@@H](N)Cc2cn(Cc3ccccc3)cn2)CCCC1. The summed E-state index contributed by atoms with van der Waals surface area (Å²) in [6.07, 6.45) is 9.13. The minimum Gasteiger partial charge on any atom is -0.354 e. The molecule has 1 aliphatic carbocycles. The summed E-state index contributed by atoms with van der Waals surface area (Å²) in [7, 11) is 0. The third kappa shape index (κ3) is 4.92. The van der Waals surface area contributed by atoms with E-state index in [4.69, 9.17) is 5.73 Å². The van der Waals surface area contributed by atoms with Gasteiger partial charge in [-0.05, 0) is 23.8 Å². The van der Waals surface area contributed by atoms with E-state index in [-0.39, 0.29) is 11.3 Å². The second-order valence-electron chi connectivity index (χ2n) is 7.57. The van der Waals surface area contributed by atoms with Crippen LogP contribution in [-0.4, -0.2) is 28.0 Å². The molecule has 25 heavy (non-hydrogen) atoms. The van der Waals surface area contributed by atoms with Gasteiger partial charge in [-0.2, -0.15) is 0 Å². The van der Waals surface area contributed by atoms with Crippen LogP contribution in [0.4, 0.5) is 0 Å². The third-order valence-electron chi connectivity index (χ3n) is 5.16. The molecule has 1 saturated carbocycles. The average molecular weight is 340 g/mol. The van der Waals surface area contributed by atoms with Crippen molar-refractivity contribution in [3.05, 3.63) is 54.1 Å². The van der Waals surface area contributed by atoms with Crippen LogP contribution in [0.5, 0.6) is 0 Å². The van der Waals surface area contributed by atoms with Crippen LogP contribution in [0.2, 0.25) is 0 Å². The lowest BCUT2D eigenvalue weighted by molar-refractivity contribution is -0.122. The maximum atomic E-state index is 12.3. The summed E-state index contributed by atoms with van der Waals surface area (Å²) in [5.41, 5.74) is 8.39. The highest BCUT2D eigenvalue weighted by Gasteiger charge is 2.29. The molecule has 0 aliphatic heterocycles. The van der Waals surface area contributed by atoms with E-state index in [1.54, 1.807) is 6.33 Å². The normalized spacial score (nSPS) is 17.4. The number of carbonyl (C=O) groups is 1.